The highest BCUT2D eigenvalue weighted by molar-refractivity contribution is 5.38. The Morgan fingerprint density at radius 2 is 2.16 bits per heavy atom. The molecule has 4 heteroatoms. The Morgan fingerprint density at radius 3 is 2.84 bits per heavy atom. The van der Waals surface area contributed by atoms with Crippen LogP contribution in [0.1, 0.15) is 29.8 Å². The summed E-state index contributed by atoms with van der Waals surface area (Å²) >= 11 is 0. The van der Waals surface area contributed by atoms with Crippen LogP contribution >= 0.6 is 0 Å². The van der Waals surface area contributed by atoms with E-state index in [1.54, 1.807) is 25.7 Å². The quantitative estimate of drug-likeness (QED) is 0.894. The van der Waals surface area contributed by atoms with Gasteiger partial charge in [0.25, 0.3) is 0 Å². The SMILES string of the molecule is COc1ccc(C)cc1C(C)NCc1cnccn1. The van der Waals surface area contributed by atoms with E-state index in [1.807, 2.05) is 6.07 Å². The van der Waals surface area contributed by atoms with Crippen molar-refractivity contribution >= 4 is 0 Å². The van der Waals surface area contributed by atoms with Crippen molar-refractivity contribution in [1.82, 2.24) is 15.3 Å². The van der Waals surface area contributed by atoms with Crippen LogP contribution in [0.4, 0.5) is 0 Å². The van der Waals surface area contributed by atoms with Gasteiger partial charge in [-0.2, -0.15) is 0 Å². The predicted octanol–water partition coefficient (Wildman–Crippen LogP) is 2.64. The topological polar surface area (TPSA) is 47.0 Å². The standard InChI is InChI=1S/C15H19N3O/c1-11-4-5-15(19-3)14(8-11)12(2)18-10-13-9-16-6-7-17-13/h4-9,12,18H,10H2,1-3H3. The van der Waals surface area contributed by atoms with Gasteiger partial charge < -0.3 is 10.1 Å². The van der Waals surface area contributed by atoms with E-state index in [-0.39, 0.29) is 6.04 Å². The molecule has 1 N–H and O–H groups in total. The van der Waals surface area contributed by atoms with E-state index in [1.165, 1.54) is 5.56 Å². The second-order valence-electron chi connectivity index (χ2n) is 4.54. The van der Waals surface area contributed by atoms with Crippen LogP contribution < -0.4 is 10.1 Å². The maximum Gasteiger partial charge on any atom is 0.123 e. The molecule has 0 aliphatic rings. The molecule has 2 rings (SSSR count). The molecule has 1 aromatic heterocycles. The fraction of sp³-hybridized carbons (Fsp3) is 0.333. The van der Waals surface area contributed by atoms with E-state index in [4.69, 9.17) is 4.74 Å². The molecule has 1 heterocycles. The first kappa shape index (κ1) is 13.5. The summed E-state index contributed by atoms with van der Waals surface area (Å²) in [4.78, 5) is 8.30. The molecular formula is C15H19N3O. The molecule has 4 nitrogen and oxygen atoms in total. The number of hydrogen-bond acceptors (Lipinski definition) is 4. The summed E-state index contributed by atoms with van der Waals surface area (Å²) in [6, 6.07) is 6.40. The molecule has 19 heavy (non-hydrogen) atoms. The summed E-state index contributed by atoms with van der Waals surface area (Å²) in [6.45, 7) is 4.89. The number of benzene rings is 1. The second kappa shape index (κ2) is 6.29. The van der Waals surface area contributed by atoms with E-state index in [0.29, 0.717) is 6.54 Å². The van der Waals surface area contributed by atoms with Gasteiger partial charge in [-0.15, -0.1) is 0 Å². The van der Waals surface area contributed by atoms with Gasteiger partial charge in [-0.05, 0) is 19.9 Å². The number of ether oxygens (including phenoxy) is 1. The third-order valence-corrected chi connectivity index (χ3v) is 3.06. The summed E-state index contributed by atoms with van der Waals surface area (Å²) in [7, 11) is 1.70. The molecule has 0 radical (unpaired) electrons. The lowest BCUT2D eigenvalue weighted by molar-refractivity contribution is 0.401. The van der Waals surface area contributed by atoms with E-state index in [2.05, 4.69) is 41.3 Å². The number of aryl methyl sites for hydroxylation is 1. The Labute approximate surface area is 113 Å². The Balaban J connectivity index is 2.07. The van der Waals surface area contributed by atoms with Crippen molar-refractivity contribution in [2.75, 3.05) is 7.11 Å². The van der Waals surface area contributed by atoms with Gasteiger partial charge >= 0.3 is 0 Å². The highest BCUT2D eigenvalue weighted by Gasteiger charge is 2.11. The number of hydrogen-bond donors (Lipinski definition) is 1. The largest absolute Gasteiger partial charge is 0.496 e. The Morgan fingerprint density at radius 1 is 1.32 bits per heavy atom. The van der Waals surface area contributed by atoms with Gasteiger partial charge in [0.05, 0.1) is 12.8 Å². The summed E-state index contributed by atoms with van der Waals surface area (Å²) in [5.74, 6) is 0.907. The second-order valence-corrected chi connectivity index (χ2v) is 4.54. The van der Waals surface area contributed by atoms with Gasteiger partial charge in [-0.25, -0.2) is 0 Å². The molecule has 0 saturated heterocycles. The van der Waals surface area contributed by atoms with Gasteiger partial charge in [0.2, 0.25) is 0 Å². The Hall–Kier alpha value is -1.94. The van der Waals surface area contributed by atoms with Gasteiger partial charge in [0.15, 0.2) is 0 Å². The summed E-state index contributed by atoms with van der Waals surface area (Å²) < 4.78 is 5.41. The molecule has 0 spiro atoms. The molecule has 2 aromatic rings. The molecule has 1 unspecified atom stereocenters. The van der Waals surface area contributed by atoms with Crippen LogP contribution in [0.2, 0.25) is 0 Å². The maximum absolute atomic E-state index is 5.41. The molecule has 0 fully saturated rings. The van der Waals surface area contributed by atoms with E-state index in [0.717, 1.165) is 17.0 Å². The molecule has 0 amide bonds. The van der Waals surface area contributed by atoms with E-state index < -0.39 is 0 Å². The zero-order chi connectivity index (χ0) is 13.7. The first-order chi connectivity index (χ1) is 9.20. The van der Waals surface area contributed by atoms with Crippen LogP contribution in [0, 0.1) is 6.92 Å². The van der Waals surface area contributed by atoms with Crippen molar-refractivity contribution in [3.63, 3.8) is 0 Å². The zero-order valence-electron chi connectivity index (χ0n) is 11.6. The lowest BCUT2D eigenvalue weighted by Crippen LogP contribution is -2.19. The van der Waals surface area contributed by atoms with Crippen LogP contribution in [0.25, 0.3) is 0 Å². The van der Waals surface area contributed by atoms with Gasteiger partial charge in [0, 0.05) is 36.7 Å². The van der Waals surface area contributed by atoms with Crippen LogP contribution in [0.3, 0.4) is 0 Å². The fourth-order valence-electron chi connectivity index (χ4n) is 1.98. The molecule has 0 saturated carbocycles. The monoisotopic (exact) mass is 257 g/mol. The Kier molecular flexibility index (Phi) is 4.47. The molecular weight excluding hydrogens is 238 g/mol. The smallest absolute Gasteiger partial charge is 0.123 e. The highest BCUT2D eigenvalue weighted by Crippen LogP contribution is 2.26. The summed E-state index contributed by atoms with van der Waals surface area (Å²) in [5.41, 5.74) is 3.32. The number of nitrogens with one attached hydrogen (secondary N) is 1. The first-order valence-electron chi connectivity index (χ1n) is 6.33. The Bertz CT molecular complexity index is 528. The maximum atomic E-state index is 5.41. The number of rotatable bonds is 5. The first-order valence-corrected chi connectivity index (χ1v) is 6.33. The third-order valence-electron chi connectivity index (χ3n) is 3.06. The van der Waals surface area contributed by atoms with E-state index in [9.17, 15) is 0 Å². The van der Waals surface area contributed by atoms with Crippen molar-refractivity contribution in [1.29, 1.82) is 0 Å². The van der Waals surface area contributed by atoms with Crippen LogP contribution in [-0.2, 0) is 6.54 Å². The van der Waals surface area contributed by atoms with Crippen molar-refractivity contribution in [3.8, 4) is 5.75 Å². The minimum Gasteiger partial charge on any atom is -0.496 e. The molecule has 0 aliphatic carbocycles. The average molecular weight is 257 g/mol. The van der Waals surface area contributed by atoms with Crippen LogP contribution in [0.15, 0.2) is 36.8 Å². The molecule has 0 aliphatic heterocycles. The van der Waals surface area contributed by atoms with Gasteiger partial charge in [-0.3, -0.25) is 9.97 Å². The normalized spacial score (nSPS) is 12.2. The fourth-order valence-corrected chi connectivity index (χ4v) is 1.98. The lowest BCUT2D eigenvalue weighted by atomic mass is 10.0. The van der Waals surface area contributed by atoms with E-state index >= 15 is 0 Å². The minimum atomic E-state index is 0.192. The van der Waals surface area contributed by atoms with Crippen molar-refractivity contribution in [2.45, 2.75) is 26.4 Å². The highest BCUT2D eigenvalue weighted by atomic mass is 16.5. The molecule has 1 aromatic carbocycles. The third kappa shape index (κ3) is 3.51. The van der Waals surface area contributed by atoms with Crippen molar-refractivity contribution in [3.05, 3.63) is 53.6 Å². The van der Waals surface area contributed by atoms with Crippen LogP contribution in [-0.4, -0.2) is 17.1 Å². The molecule has 0 bridgehead atoms. The van der Waals surface area contributed by atoms with Crippen LogP contribution in [0.5, 0.6) is 5.75 Å². The van der Waals surface area contributed by atoms with Crippen molar-refractivity contribution < 1.29 is 4.74 Å². The molecule has 1 atom stereocenters. The lowest BCUT2D eigenvalue weighted by Gasteiger charge is -2.17. The molecule has 100 valence electrons. The van der Waals surface area contributed by atoms with Crippen molar-refractivity contribution in [2.24, 2.45) is 0 Å². The minimum absolute atomic E-state index is 0.192. The summed E-state index contributed by atoms with van der Waals surface area (Å²) in [5, 5.41) is 3.43. The number of nitrogens with zero attached hydrogens (tertiary/aromatic N) is 2. The predicted molar refractivity (Wildman–Crippen MR) is 75.0 cm³/mol. The number of methoxy groups -OCH3 is 1. The zero-order valence-corrected chi connectivity index (χ0v) is 11.6. The summed E-state index contributed by atoms with van der Waals surface area (Å²) in [6.07, 6.45) is 5.15. The number of aromatic nitrogens is 2. The van der Waals surface area contributed by atoms with Gasteiger partial charge in [-0.1, -0.05) is 17.7 Å². The average Bonchev–Trinajstić information content (AvgIpc) is 2.46. The van der Waals surface area contributed by atoms with Gasteiger partial charge in [0.1, 0.15) is 5.75 Å².